The van der Waals surface area contributed by atoms with Gasteiger partial charge in [0.15, 0.2) is 6.04 Å². The van der Waals surface area contributed by atoms with E-state index in [9.17, 15) is 4.79 Å². The molecule has 19 heavy (non-hydrogen) atoms. The van der Waals surface area contributed by atoms with Crippen LogP contribution in [0.15, 0.2) is 29.6 Å². The van der Waals surface area contributed by atoms with Gasteiger partial charge in [-0.2, -0.15) is 0 Å². The first kappa shape index (κ1) is 13.4. The number of rotatable bonds is 5. The van der Waals surface area contributed by atoms with E-state index in [1.54, 1.807) is 13.2 Å². The summed E-state index contributed by atoms with van der Waals surface area (Å²) in [6.45, 7) is 1.88. The summed E-state index contributed by atoms with van der Waals surface area (Å²) in [7, 11) is 1.59. The van der Waals surface area contributed by atoms with Crippen LogP contribution < -0.4 is 15.8 Å². The van der Waals surface area contributed by atoms with Gasteiger partial charge in [0, 0.05) is 22.8 Å². The van der Waals surface area contributed by atoms with Crippen molar-refractivity contribution in [3.05, 3.63) is 40.3 Å². The predicted molar refractivity (Wildman–Crippen MR) is 75.4 cm³/mol. The zero-order chi connectivity index (χ0) is 13.8. The van der Waals surface area contributed by atoms with Gasteiger partial charge in [0.1, 0.15) is 10.8 Å². The highest BCUT2D eigenvalue weighted by molar-refractivity contribution is 7.09. The molecule has 1 aromatic heterocycles. The fourth-order valence-corrected chi connectivity index (χ4v) is 2.49. The summed E-state index contributed by atoms with van der Waals surface area (Å²) in [5.41, 5.74) is 7.06. The Hall–Kier alpha value is -2.08. The Bertz CT molecular complexity index is 583. The quantitative estimate of drug-likeness (QED) is 0.877. The van der Waals surface area contributed by atoms with E-state index < -0.39 is 11.9 Å². The fraction of sp³-hybridized carbons (Fsp3) is 0.231. The molecule has 0 radical (unpaired) electrons. The molecule has 0 aliphatic rings. The third kappa shape index (κ3) is 3.23. The van der Waals surface area contributed by atoms with Gasteiger partial charge in [-0.3, -0.25) is 4.79 Å². The average molecular weight is 277 g/mol. The zero-order valence-corrected chi connectivity index (χ0v) is 11.5. The minimum absolute atomic E-state index is 0.461. The molecule has 0 saturated heterocycles. The third-order valence-corrected chi connectivity index (χ3v) is 3.58. The van der Waals surface area contributed by atoms with Gasteiger partial charge < -0.3 is 15.8 Å². The number of hydrogen-bond donors (Lipinski definition) is 2. The summed E-state index contributed by atoms with van der Waals surface area (Å²) in [4.78, 5) is 15.9. The number of aryl methyl sites for hydroxylation is 1. The van der Waals surface area contributed by atoms with Crippen molar-refractivity contribution in [2.75, 3.05) is 12.4 Å². The number of anilines is 1. The summed E-state index contributed by atoms with van der Waals surface area (Å²) in [6, 6.07) is 6.69. The van der Waals surface area contributed by atoms with Crippen LogP contribution in [0.1, 0.15) is 16.7 Å². The highest BCUT2D eigenvalue weighted by Crippen LogP contribution is 2.24. The zero-order valence-electron chi connectivity index (χ0n) is 10.7. The Balaban J connectivity index is 2.23. The molecule has 0 spiro atoms. The van der Waals surface area contributed by atoms with Crippen molar-refractivity contribution in [3.8, 4) is 5.75 Å². The minimum atomic E-state index is -0.634. The summed E-state index contributed by atoms with van der Waals surface area (Å²) in [5.74, 6) is 0.251. The maximum atomic E-state index is 11.6. The van der Waals surface area contributed by atoms with E-state index in [2.05, 4.69) is 10.3 Å². The molecule has 0 saturated carbocycles. The van der Waals surface area contributed by atoms with Crippen molar-refractivity contribution in [1.29, 1.82) is 0 Å². The number of nitrogens with zero attached hydrogens (tertiary/aromatic N) is 1. The fourth-order valence-electron chi connectivity index (χ4n) is 1.64. The molecule has 1 unspecified atom stereocenters. The molecule has 1 heterocycles. The van der Waals surface area contributed by atoms with E-state index in [1.165, 1.54) is 11.3 Å². The molecule has 5 nitrogen and oxygen atoms in total. The van der Waals surface area contributed by atoms with Crippen molar-refractivity contribution in [2.45, 2.75) is 13.0 Å². The van der Waals surface area contributed by atoms with Gasteiger partial charge in [-0.1, -0.05) is 6.07 Å². The Labute approximate surface area is 115 Å². The van der Waals surface area contributed by atoms with Crippen molar-refractivity contribution in [2.24, 2.45) is 5.73 Å². The molecular formula is C13H15N3O2S. The number of benzene rings is 1. The van der Waals surface area contributed by atoms with Gasteiger partial charge >= 0.3 is 0 Å². The van der Waals surface area contributed by atoms with Crippen LogP contribution in [0.25, 0.3) is 0 Å². The smallest absolute Gasteiger partial charge is 0.247 e. The van der Waals surface area contributed by atoms with Crippen molar-refractivity contribution >= 4 is 22.9 Å². The number of nitrogens with one attached hydrogen (secondary N) is 1. The number of primary amides is 1. The van der Waals surface area contributed by atoms with Gasteiger partial charge in [-0.05, 0) is 19.1 Å². The number of hydrogen-bond acceptors (Lipinski definition) is 5. The molecule has 100 valence electrons. The molecule has 0 bridgehead atoms. The Morgan fingerprint density at radius 1 is 1.53 bits per heavy atom. The minimum Gasteiger partial charge on any atom is -0.497 e. The van der Waals surface area contributed by atoms with Crippen LogP contribution in [0.5, 0.6) is 5.75 Å². The SMILES string of the molecule is COc1cccc(NC(C(N)=O)c2nc(C)cs2)c1. The number of thiazole rings is 1. The van der Waals surface area contributed by atoms with E-state index in [0.29, 0.717) is 10.8 Å². The molecule has 1 amide bonds. The second kappa shape index (κ2) is 5.71. The maximum absolute atomic E-state index is 11.6. The van der Waals surface area contributed by atoms with Crippen LogP contribution in [-0.4, -0.2) is 18.0 Å². The van der Waals surface area contributed by atoms with Crippen LogP contribution >= 0.6 is 11.3 Å². The number of aromatic nitrogens is 1. The molecule has 1 atom stereocenters. The first-order chi connectivity index (χ1) is 9.10. The van der Waals surface area contributed by atoms with Gasteiger partial charge in [-0.25, -0.2) is 4.98 Å². The summed E-state index contributed by atoms with van der Waals surface area (Å²) in [6.07, 6.45) is 0. The van der Waals surface area contributed by atoms with Gasteiger partial charge in [0.05, 0.1) is 7.11 Å². The van der Waals surface area contributed by atoms with Gasteiger partial charge in [0.2, 0.25) is 5.91 Å². The van der Waals surface area contributed by atoms with Crippen molar-refractivity contribution in [1.82, 2.24) is 4.98 Å². The van der Waals surface area contributed by atoms with Crippen molar-refractivity contribution in [3.63, 3.8) is 0 Å². The van der Waals surface area contributed by atoms with E-state index in [4.69, 9.17) is 10.5 Å². The highest BCUT2D eigenvalue weighted by atomic mass is 32.1. The normalized spacial score (nSPS) is 11.9. The van der Waals surface area contributed by atoms with Crippen LogP contribution in [-0.2, 0) is 4.79 Å². The molecule has 1 aromatic carbocycles. The lowest BCUT2D eigenvalue weighted by Crippen LogP contribution is -2.27. The lowest BCUT2D eigenvalue weighted by Gasteiger charge is -2.14. The molecule has 0 aliphatic carbocycles. The summed E-state index contributed by atoms with van der Waals surface area (Å²) in [5, 5.41) is 5.62. The first-order valence-corrected chi connectivity index (χ1v) is 6.60. The molecule has 6 heteroatoms. The number of nitrogens with two attached hydrogens (primary N) is 1. The summed E-state index contributed by atoms with van der Waals surface area (Å²) >= 11 is 1.41. The number of carbonyl (C=O) groups is 1. The second-order valence-electron chi connectivity index (χ2n) is 4.04. The molecule has 0 aliphatic heterocycles. The Kier molecular flexibility index (Phi) is 4.01. The number of carbonyl (C=O) groups excluding carboxylic acids is 1. The number of ether oxygens (including phenoxy) is 1. The lowest BCUT2D eigenvalue weighted by molar-refractivity contribution is -0.118. The van der Waals surface area contributed by atoms with Crippen LogP contribution in [0.4, 0.5) is 5.69 Å². The van der Waals surface area contributed by atoms with E-state index in [0.717, 1.165) is 11.4 Å². The predicted octanol–water partition coefficient (Wildman–Crippen LogP) is 2.10. The first-order valence-electron chi connectivity index (χ1n) is 5.72. The van der Waals surface area contributed by atoms with E-state index in [1.807, 2.05) is 30.5 Å². The lowest BCUT2D eigenvalue weighted by atomic mass is 10.2. The number of methoxy groups -OCH3 is 1. The highest BCUT2D eigenvalue weighted by Gasteiger charge is 2.21. The van der Waals surface area contributed by atoms with E-state index in [-0.39, 0.29) is 0 Å². The molecule has 3 N–H and O–H groups in total. The van der Waals surface area contributed by atoms with Gasteiger partial charge in [-0.15, -0.1) is 11.3 Å². The average Bonchev–Trinajstić information content (AvgIpc) is 2.82. The standard InChI is InChI=1S/C13H15N3O2S/c1-8-7-19-13(15-8)11(12(14)17)16-9-4-3-5-10(6-9)18-2/h3-7,11,16H,1-2H3,(H2,14,17). The van der Waals surface area contributed by atoms with Crippen LogP contribution in [0.2, 0.25) is 0 Å². The maximum Gasteiger partial charge on any atom is 0.247 e. The third-order valence-electron chi connectivity index (χ3n) is 2.55. The second-order valence-corrected chi connectivity index (χ2v) is 4.93. The van der Waals surface area contributed by atoms with Crippen LogP contribution in [0, 0.1) is 6.92 Å². The number of amides is 1. The van der Waals surface area contributed by atoms with E-state index >= 15 is 0 Å². The monoisotopic (exact) mass is 277 g/mol. The molecule has 0 fully saturated rings. The summed E-state index contributed by atoms with van der Waals surface area (Å²) < 4.78 is 5.14. The van der Waals surface area contributed by atoms with Crippen molar-refractivity contribution < 1.29 is 9.53 Å². The molecule has 2 aromatic rings. The largest absolute Gasteiger partial charge is 0.497 e. The van der Waals surface area contributed by atoms with Gasteiger partial charge in [0.25, 0.3) is 0 Å². The Morgan fingerprint density at radius 2 is 2.32 bits per heavy atom. The Morgan fingerprint density at radius 3 is 2.89 bits per heavy atom. The van der Waals surface area contributed by atoms with Crippen LogP contribution in [0.3, 0.4) is 0 Å². The molecule has 2 rings (SSSR count). The topological polar surface area (TPSA) is 77.2 Å². The molecular weight excluding hydrogens is 262 g/mol.